The quantitative estimate of drug-likeness (QED) is 0.566. The van der Waals surface area contributed by atoms with Crippen LogP contribution in [0.5, 0.6) is 0 Å². The minimum Gasteiger partial charge on any atom is -0.244 e. The Morgan fingerprint density at radius 2 is 1.70 bits per heavy atom. The Labute approximate surface area is 143 Å². The third-order valence-corrected chi connectivity index (χ3v) is 3.65. The first-order valence-electron chi connectivity index (χ1n) is 6.72. The Hall–Kier alpha value is -2.50. The lowest BCUT2D eigenvalue weighted by Gasteiger charge is -2.03. The lowest BCUT2D eigenvalue weighted by molar-refractivity contribution is 0.967. The topological polar surface area (TPSA) is 63.1 Å². The van der Waals surface area contributed by atoms with Gasteiger partial charge in [0.2, 0.25) is 0 Å². The fraction of sp³-hybridized carbons (Fsp3) is 0. The third kappa shape index (κ3) is 3.83. The highest BCUT2D eigenvalue weighted by Gasteiger charge is 2.04. The lowest BCUT2D eigenvalue weighted by Crippen LogP contribution is -2.00. The molecule has 3 aromatic rings. The zero-order valence-electron chi connectivity index (χ0n) is 11.8. The van der Waals surface area contributed by atoms with Crippen molar-refractivity contribution in [2.75, 3.05) is 5.43 Å². The monoisotopic (exact) mass is 343 g/mol. The Bertz CT molecular complexity index is 817. The predicted molar refractivity (Wildman–Crippen MR) is 92.9 cm³/mol. The van der Waals surface area contributed by atoms with Gasteiger partial charge in [0.1, 0.15) is 0 Å². The van der Waals surface area contributed by atoms with Crippen molar-refractivity contribution in [1.29, 1.82) is 0 Å². The lowest BCUT2D eigenvalue weighted by atomic mass is 10.2. The molecule has 0 radical (unpaired) electrons. The van der Waals surface area contributed by atoms with Gasteiger partial charge >= 0.3 is 0 Å². The number of hydrogen-bond donors (Lipinski definition) is 1. The van der Waals surface area contributed by atoms with Crippen LogP contribution in [0.15, 0.2) is 59.8 Å². The molecule has 0 unspecified atom stereocenters. The van der Waals surface area contributed by atoms with E-state index in [1.54, 1.807) is 24.4 Å². The molecule has 1 heterocycles. The molecule has 0 aliphatic carbocycles. The average Bonchev–Trinajstić information content (AvgIpc) is 2.59. The molecule has 0 saturated carbocycles. The van der Waals surface area contributed by atoms with Gasteiger partial charge in [-0.2, -0.15) is 10.2 Å². The van der Waals surface area contributed by atoms with E-state index >= 15 is 0 Å². The van der Waals surface area contributed by atoms with Crippen LogP contribution in [0.25, 0.3) is 11.3 Å². The van der Waals surface area contributed by atoms with Crippen LogP contribution in [0, 0.1) is 0 Å². The molecule has 2 aromatic carbocycles. The van der Waals surface area contributed by atoms with Crippen molar-refractivity contribution in [3.8, 4) is 11.3 Å². The van der Waals surface area contributed by atoms with Crippen LogP contribution in [-0.4, -0.2) is 21.4 Å². The SMILES string of the molecule is Clc1cccc(Cl)c1C=NNc1nncc(-c2ccccc2)n1. The van der Waals surface area contributed by atoms with Crippen LogP contribution in [0.1, 0.15) is 5.56 Å². The summed E-state index contributed by atoms with van der Waals surface area (Å²) in [5, 5.41) is 12.9. The molecule has 5 nitrogen and oxygen atoms in total. The molecule has 114 valence electrons. The zero-order chi connectivity index (χ0) is 16.1. The Morgan fingerprint density at radius 1 is 0.957 bits per heavy atom. The van der Waals surface area contributed by atoms with E-state index in [2.05, 4.69) is 25.7 Å². The summed E-state index contributed by atoms with van der Waals surface area (Å²) in [5.41, 5.74) is 5.00. The van der Waals surface area contributed by atoms with Gasteiger partial charge in [0.15, 0.2) is 0 Å². The Morgan fingerprint density at radius 3 is 2.43 bits per heavy atom. The molecule has 0 fully saturated rings. The van der Waals surface area contributed by atoms with Gasteiger partial charge in [0, 0.05) is 11.1 Å². The summed E-state index contributed by atoms with van der Waals surface area (Å²) in [7, 11) is 0. The first-order valence-corrected chi connectivity index (χ1v) is 7.48. The zero-order valence-corrected chi connectivity index (χ0v) is 13.3. The maximum atomic E-state index is 6.07. The largest absolute Gasteiger partial charge is 0.263 e. The van der Waals surface area contributed by atoms with E-state index in [0.29, 0.717) is 21.3 Å². The van der Waals surface area contributed by atoms with E-state index in [0.717, 1.165) is 5.56 Å². The minimum absolute atomic E-state index is 0.283. The fourth-order valence-corrected chi connectivity index (χ4v) is 2.38. The van der Waals surface area contributed by atoms with E-state index in [-0.39, 0.29) is 5.95 Å². The molecule has 1 N–H and O–H groups in total. The standard InChI is InChI=1S/C16H11Cl2N5/c17-13-7-4-8-14(18)12(13)9-19-22-16-21-15(10-20-23-16)11-5-2-1-3-6-11/h1-10H,(H,21,22,23). The number of nitrogens with zero attached hydrogens (tertiary/aromatic N) is 4. The van der Waals surface area contributed by atoms with Gasteiger partial charge in [-0.25, -0.2) is 10.4 Å². The number of rotatable bonds is 4. The van der Waals surface area contributed by atoms with Crippen molar-refractivity contribution in [2.24, 2.45) is 5.10 Å². The molecular formula is C16H11Cl2N5. The molecule has 0 spiro atoms. The smallest absolute Gasteiger partial charge is 0.244 e. The number of halogens is 2. The van der Waals surface area contributed by atoms with Gasteiger partial charge in [-0.1, -0.05) is 59.6 Å². The number of aromatic nitrogens is 3. The molecular weight excluding hydrogens is 333 g/mol. The van der Waals surface area contributed by atoms with E-state index in [1.807, 2.05) is 30.3 Å². The summed E-state index contributed by atoms with van der Waals surface area (Å²) >= 11 is 12.1. The second-order valence-corrected chi connectivity index (χ2v) is 5.35. The second-order valence-electron chi connectivity index (χ2n) is 4.54. The van der Waals surface area contributed by atoms with E-state index in [1.165, 1.54) is 6.21 Å². The highest BCUT2D eigenvalue weighted by molar-refractivity contribution is 6.38. The number of hydrazone groups is 1. The summed E-state index contributed by atoms with van der Waals surface area (Å²) in [4.78, 5) is 4.35. The normalized spacial score (nSPS) is 10.9. The summed E-state index contributed by atoms with van der Waals surface area (Å²) < 4.78 is 0. The van der Waals surface area contributed by atoms with E-state index in [9.17, 15) is 0 Å². The van der Waals surface area contributed by atoms with Gasteiger partial charge in [-0.3, -0.25) is 0 Å². The highest BCUT2D eigenvalue weighted by atomic mass is 35.5. The maximum Gasteiger partial charge on any atom is 0.263 e. The van der Waals surface area contributed by atoms with Crippen molar-refractivity contribution in [2.45, 2.75) is 0 Å². The molecule has 0 aliphatic rings. The van der Waals surface area contributed by atoms with Gasteiger partial charge in [0.05, 0.1) is 28.2 Å². The molecule has 0 saturated heterocycles. The van der Waals surface area contributed by atoms with Gasteiger partial charge in [0.25, 0.3) is 5.95 Å². The molecule has 23 heavy (non-hydrogen) atoms. The Kier molecular flexibility index (Phi) is 4.80. The summed E-state index contributed by atoms with van der Waals surface area (Å²) in [6.07, 6.45) is 3.11. The highest BCUT2D eigenvalue weighted by Crippen LogP contribution is 2.22. The third-order valence-electron chi connectivity index (χ3n) is 2.99. The van der Waals surface area contributed by atoms with Crippen LogP contribution in [0.3, 0.4) is 0 Å². The van der Waals surface area contributed by atoms with Crippen molar-refractivity contribution < 1.29 is 0 Å². The summed E-state index contributed by atoms with van der Waals surface area (Å²) in [6, 6.07) is 14.9. The van der Waals surface area contributed by atoms with E-state index in [4.69, 9.17) is 23.2 Å². The van der Waals surface area contributed by atoms with Crippen molar-refractivity contribution in [1.82, 2.24) is 15.2 Å². The average molecular weight is 344 g/mol. The second kappa shape index (κ2) is 7.17. The van der Waals surface area contributed by atoms with Gasteiger partial charge < -0.3 is 0 Å². The van der Waals surface area contributed by atoms with Crippen LogP contribution < -0.4 is 5.43 Å². The first-order chi connectivity index (χ1) is 11.2. The number of nitrogens with one attached hydrogen (secondary N) is 1. The molecule has 7 heteroatoms. The molecule has 3 rings (SSSR count). The first kappa shape index (κ1) is 15.4. The number of anilines is 1. The molecule has 0 amide bonds. The Balaban J connectivity index is 1.78. The molecule has 1 aromatic heterocycles. The predicted octanol–water partition coefficient (Wildman–Crippen LogP) is 4.29. The van der Waals surface area contributed by atoms with E-state index < -0.39 is 0 Å². The van der Waals surface area contributed by atoms with Crippen molar-refractivity contribution >= 4 is 35.4 Å². The van der Waals surface area contributed by atoms with Crippen LogP contribution in [0.2, 0.25) is 10.0 Å². The minimum atomic E-state index is 0.283. The molecule has 0 bridgehead atoms. The van der Waals surface area contributed by atoms with Crippen LogP contribution >= 0.6 is 23.2 Å². The maximum absolute atomic E-state index is 6.07. The molecule has 0 aliphatic heterocycles. The van der Waals surface area contributed by atoms with Crippen LogP contribution in [0.4, 0.5) is 5.95 Å². The number of benzene rings is 2. The molecule has 0 atom stereocenters. The van der Waals surface area contributed by atoms with Gasteiger partial charge in [-0.05, 0) is 12.1 Å². The fourth-order valence-electron chi connectivity index (χ4n) is 1.89. The van der Waals surface area contributed by atoms with Gasteiger partial charge in [-0.15, -0.1) is 5.10 Å². The van der Waals surface area contributed by atoms with Crippen LogP contribution in [-0.2, 0) is 0 Å². The summed E-state index contributed by atoms with van der Waals surface area (Å²) in [6.45, 7) is 0. The van der Waals surface area contributed by atoms with Crippen molar-refractivity contribution in [3.63, 3.8) is 0 Å². The number of hydrogen-bond acceptors (Lipinski definition) is 5. The summed E-state index contributed by atoms with van der Waals surface area (Å²) in [5.74, 6) is 0.283. The van der Waals surface area contributed by atoms with Crippen molar-refractivity contribution in [3.05, 3.63) is 70.3 Å².